The quantitative estimate of drug-likeness (QED) is 0.172. The van der Waals surface area contributed by atoms with Gasteiger partial charge in [-0.1, -0.05) is 18.2 Å². The highest BCUT2D eigenvalue weighted by Crippen LogP contribution is 2.48. The Bertz CT molecular complexity index is 1370. The molecule has 0 radical (unpaired) electrons. The molecule has 1 saturated heterocycles. The number of aromatic nitrogens is 4. The zero-order valence-electron chi connectivity index (χ0n) is 21.6. The van der Waals surface area contributed by atoms with Crippen molar-refractivity contribution in [2.45, 2.75) is 44.0 Å². The van der Waals surface area contributed by atoms with Gasteiger partial charge in [-0.3, -0.25) is 13.9 Å². The number of carbonyl (C=O) groups is 1. The van der Waals surface area contributed by atoms with Crippen LogP contribution in [0.5, 0.6) is 5.75 Å². The van der Waals surface area contributed by atoms with Gasteiger partial charge in [-0.2, -0.15) is 5.09 Å². The number of ether oxygens (including phenoxy) is 2. The van der Waals surface area contributed by atoms with E-state index in [0.29, 0.717) is 17.2 Å². The van der Waals surface area contributed by atoms with Gasteiger partial charge in [0.05, 0.1) is 25.9 Å². The molecule has 39 heavy (non-hydrogen) atoms. The second-order valence-corrected chi connectivity index (χ2v) is 10.8. The molecule has 16 heteroatoms. The Kier molecular flexibility index (Phi) is 8.74. The number of alkyl halides is 2. The molecule has 3 aromatic rings. The van der Waals surface area contributed by atoms with Gasteiger partial charge >= 0.3 is 13.7 Å². The molecule has 1 aliphatic rings. The van der Waals surface area contributed by atoms with Crippen molar-refractivity contribution in [3.8, 4) is 5.75 Å². The molecular weight excluding hydrogens is 558 g/mol. The predicted octanol–water partition coefficient (Wildman–Crippen LogP) is 2.74. The molecule has 1 fully saturated rings. The highest BCUT2D eigenvalue weighted by atomic mass is 35.5. The normalized spacial score (nSPS) is 25.3. The summed E-state index contributed by atoms with van der Waals surface area (Å²) < 4.78 is 52.5. The fourth-order valence-corrected chi connectivity index (χ4v) is 5.90. The first-order valence-electron chi connectivity index (χ1n) is 11.9. The van der Waals surface area contributed by atoms with Crippen LogP contribution in [0.4, 0.5) is 10.2 Å². The van der Waals surface area contributed by atoms with E-state index >= 15 is 4.39 Å². The molecule has 0 spiro atoms. The number of methoxy groups -OCH3 is 1. The number of rotatable bonds is 11. The molecular formula is C23H29ClFN6O7P. The Balaban J connectivity index is 1.62. The van der Waals surface area contributed by atoms with Gasteiger partial charge in [0, 0.05) is 7.05 Å². The minimum Gasteiger partial charge on any atom is -0.468 e. The van der Waals surface area contributed by atoms with Crippen LogP contribution in [0.3, 0.4) is 0 Å². The lowest BCUT2D eigenvalue weighted by atomic mass is 9.99. The summed E-state index contributed by atoms with van der Waals surface area (Å²) in [6, 6.07) is 6.97. The van der Waals surface area contributed by atoms with Crippen LogP contribution in [0.1, 0.15) is 19.0 Å². The fraction of sp³-hybridized carbons (Fsp3) is 0.478. The van der Waals surface area contributed by atoms with Crippen molar-refractivity contribution in [3.05, 3.63) is 42.5 Å². The minimum absolute atomic E-state index is 0.166. The molecule has 0 aliphatic carbocycles. The van der Waals surface area contributed by atoms with Gasteiger partial charge in [-0.15, -0.1) is 11.6 Å². The Morgan fingerprint density at radius 3 is 2.72 bits per heavy atom. The van der Waals surface area contributed by atoms with Crippen LogP contribution in [0.15, 0.2) is 36.7 Å². The number of hydrogen-bond donors (Lipinski definition) is 3. The Labute approximate surface area is 228 Å². The minimum atomic E-state index is -4.33. The van der Waals surface area contributed by atoms with E-state index in [4.69, 9.17) is 25.4 Å². The number of hydrogen-bond acceptors (Lipinski definition) is 11. The summed E-state index contributed by atoms with van der Waals surface area (Å²) in [5.41, 5.74) is -1.22. The van der Waals surface area contributed by atoms with E-state index in [9.17, 15) is 14.5 Å². The predicted molar refractivity (Wildman–Crippen MR) is 139 cm³/mol. The van der Waals surface area contributed by atoms with E-state index < -0.39 is 56.3 Å². The standard InChI is InChI=1S/C23H29ClFN6O7P/c1-13(22(33)35-4)30-39(34,38-15-8-6-5-7-9-15)36-11-23(10-24)18(32)16(25)21(37-23)31-12-27-17-19(26-3)28-14(2)29-20(17)31/h5-9,12-13,16,18,21,32H,10-11H2,1-4H3,(H,30,34)(H,26,28,29)/t13-,16-,18-,21+,23+,39-/m0/s1. The molecule has 0 saturated carbocycles. The van der Waals surface area contributed by atoms with E-state index in [-0.39, 0.29) is 11.4 Å². The Morgan fingerprint density at radius 1 is 1.36 bits per heavy atom. The smallest absolute Gasteiger partial charge is 0.459 e. The van der Waals surface area contributed by atoms with E-state index in [1.165, 1.54) is 37.1 Å². The number of carbonyl (C=O) groups excluding carboxylic acids is 1. The van der Waals surface area contributed by atoms with Gasteiger partial charge in [0.25, 0.3) is 0 Å². The third-order valence-electron chi connectivity index (χ3n) is 6.09. The molecule has 1 aliphatic heterocycles. The lowest BCUT2D eigenvalue weighted by Gasteiger charge is -2.31. The van der Waals surface area contributed by atoms with E-state index in [1.807, 2.05) is 0 Å². The molecule has 13 nitrogen and oxygen atoms in total. The SMILES string of the molecule is CNc1nc(C)nc2c1ncn2[C@@H]1O[C@](CCl)(CO[P@@](=O)(N[C@@H](C)C(=O)OC)Oc2ccccc2)[C@@H](O)[C@@H]1F. The number of aliphatic hydroxyl groups excluding tert-OH is 1. The molecule has 212 valence electrons. The van der Waals surface area contributed by atoms with Crippen molar-refractivity contribution in [3.63, 3.8) is 0 Å². The lowest BCUT2D eigenvalue weighted by Crippen LogP contribution is -2.48. The monoisotopic (exact) mass is 586 g/mol. The topological polar surface area (TPSA) is 159 Å². The summed E-state index contributed by atoms with van der Waals surface area (Å²) in [5, 5.41) is 16.3. The third-order valence-corrected chi connectivity index (χ3v) is 8.17. The van der Waals surface area contributed by atoms with Crippen molar-refractivity contribution in [2.24, 2.45) is 0 Å². The van der Waals surface area contributed by atoms with Crippen LogP contribution >= 0.6 is 19.3 Å². The van der Waals surface area contributed by atoms with E-state index in [0.717, 1.165) is 0 Å². The molecule has 6 atom stereocenters. The number of halogens is 2. The maximum Gasteiger partial charge on any atom is 0.459 e. The van der Waals surface area contributed by atoms with Gasteiger partial charge < -0.3 is 24.4 Å². The van der Waals surface area contributed by atoms with Crippen molar-refractivity contribution in [2.75, 3.05) is 32.0 Å². The van der Waals surface area contributed by atoms with Crippen molar-refractivity contribution >= 4 is 42.3 Å². The first-order chi connectivity index (χ1) is 18.6. The second-order valence-electron chi connectivity index (χ2n) is 8.84. The number of benzene rings is 1. The van der Waals surface area contributed by atoms with Gasteiger partial charge in [-0.05, 0) is 26.0 Å². The number of para-hydroxylation sites is 1. The van der Waals surface area contributed by atoms with Crippen molar-refractivity contribution < 1.29 is 37.4 Å². The second kappa shape index (κ2) is 11.7. The zero-order chi connectivity index (χ0) is 28.4. The first-order valence-corrected chi connectivity index (χ1v) is 13.9. The number of fused-ring (bicyclic) bond motifs is 1. The number of anilines is 1. The average molecular weight is 587 g/mol. The van der Waals surface area contributed by atoms with Crippen LogP contribution in [-0.2, 0) is 23.4 Å². The van der Waals surface area contributed by atoms with Crippen LogP contribution in [0, 0.1) is 6.92 Å². The largest absolute Gasteiger partial charge is 0.468 e. The van der Waals surface area contributed by atoms with Gasteiger partial charge in [0.1, 0.15) is 29.3 Å². The number of esters is 1. The van der Waals surface area contributed by atoms with Crippen molar-refractivity contribution in [1.82, 2.24) is 24.6 Å². The summed E-state index contributed by atoms with van der Waals surface area (Å²) in [7, 11) is -1.50. The summed E-state index contributed by atoms with van der Waals surface area (Å²) in [5.74, 6) is -0.166. The first kappa shape index (κ1) is 29.1. The summed E-state index contributed by atoms with van der Waals surface area (Å²) in [6.45, 7) is 2.40. The van der Waals surface area contributed by atoms with E-state index in [2.05, 4.69) is 30.1 Å². The zero-order valence-corrected chi connectivity index (χ0v) is 23.2. The number of aliphatic hydroxyl groups is 1. The molecule has 4 rings (SSSR count). The number of aryl methyl sites for hydroxylation is 1. The Morgan fingerprint density at radius 2 is 2.08 bits per heavy atom. The highest BCUT2D eigenvalue weighted by molar-refractivity contribution is 7.52. The lowest BCUT2D eigenvalue weighted by molar-refractivity contribution is -0.142. The molecule has 1 aromatic carbocycles. The van der Waals surface area contributed by atoms with Crippen LogP contribution in [-0.4, -0.2) is 81.2 Å². The maximum atomic E-state index is 15.6. The number of nitrogens with zero attached hydrogens (tertiary/aromatic N) is 4. The number of imidazole rings is 1. The van der Waals surface area contributed by atoms with Crippen molar-refractivity contribution in [1.29, 1.82) is 0 Å². The van der Waals surface area contributed by atoms with Crippen LogP contribution < -0.4 is 14.9 Å². The summed E-state index contributed by atoms with van der Waals surface area (Å²) >= 11 is 6.19. The molecule has 3 N–H and O–H groups in total. The van der Waals surface area contributed by atoms with Gasteiger partial charge in [-0.25, -0.2) is 23.9 Å². The summed E-state index contributed by atoms with van der Waals surface area (Å²) in [4.78, 5) is 24.9. The van der Waals surface area contributed by atoms with E-state index in [1.54, 1.807) is 32.2 Å². The maximum absolute atomic E-state index is 15.6. The van der Waals surface area contributed by atoms with Gasteiger partial charge in [0.15, 0.2) is 29.4 Å². The molecule has 0 amide bonds. The van der Waals surface area contributed by atoms with Crippen LogP contribution in [0.25, 0.3) is 11.2 Å². The average Bonchev–Trinajstić information content (AvgIpc) is 3.45. The third kappa shape index (κ3) is 5.86. The highest BCUT2D eigenvalue weighted by Gasteiger charge is 2.57. The molecule has 0 bridgehead atoms. The molecule has 3 heterocycles. The van der Waals surface area contributed by atoms with Gasteiger partial charge in [0.2, 0.25) is 0 Å². The Hall–Kier alpha value is -2.87. The van der Waals surface area contributed by atoms with Crippen LogP contribution in [0.2, 0.25) is 0 Å². The fourth-order valence-electron chi connectivity index (χ4n) is 4.06. The number of nitrogens with one attached hydrogen (secondary N) is 2. The molecule has 0 unspecified atom stereocenters. The summed E-state index contributed by atoms with van der Waals surface area (Å²) in [6.07, 6.45) is -3.87. The molecule has 2 aromatic heterocycles.